The first-order valence-corrected chi connectivity index (χ1v) is 8.01. The molecule has 4 aliphatic carbocycles. The zero-order chi connectivity index (χ0) is 16.2. The molecule has 1 aromatic rings. The summed E-state index contributed by atoms with van der Waals surface area (Å²) in [6, 6.07) is 0. The van der Waals surface area contributed by atoms with Gasteiger partial charge in [0.05, 0.1) is 11.0 Å². The summed E-state index contributed by atoms with van der Waals surface area (Å²) < 4.78 is 5.45. The minimum absolute atomic E-state index is 0.00710. The number of nitrogens with zero attached hydrogens (tertiary/aromatic N) is 3. The molecule has 5 N–H and O–H groups in total. The molecule has 0 unspecified atom stereocenters. The van der Waals surface area contributed by atoms with E-state index in [2.05, 4.69) is 15.0 Å². The number of esters is 1. The van der Waals surface area contributed by atoms with Gasteiger partial charge in [0.2, 0.25) is 11.9 Å². The van der Waals surface area contributed by atoms with Gasteiger partial charge < -0.3 is 21.3 Å². The van der Waals surface area contributed by atoms with E-state index in [9.17, 15) is 9.90 Å². The molecule has 1 heterocycles. The summed E-state index contributed by atoms with van der Waals surface area (Å²) in [6.45, 7) is -0.0781. The maximum Gasteiger partial charge on any atom is 0.312 e. The van der Waals surface area contributed by atoms with Crippen LogP contribution in [0.3, 0.4) is 0 Å². The second-order valence-corrected chi connectivity index (χ2v) is 7.51. The molecule has 8 heteroatoms. The van der Waals surface area contributed by atoms with E-state index in [4.69, 9.17) is 16.2 Å². The lowest BCUT2D eigenvalue weighted by Gasteiger charge is -2.58. The number of hydrogen-bond acceptors (Lipinski definition) is 8. The first kappa shape index (κ1) is 14.6. The number of rotatable bonds is 3. The summed E-state index contributed by atoms with van der Waals surface area (Å²) in [5.74, 6) is 0.851. The largest absolute Gasteiger partial charge is 0.457 e. The van der Waals surface area contributed by atoms with Crippen LogP contribution >= 0.6 is 0 Å². The van der Waals surface area contributed by atoms with Crippen molar-refractivity contribution in [3.05, 3.63) is 5.82 Å². The molecule has 4 saturated carbocycles. The Balaban J connectivity index is 1.49. The average molecular weight is 319 g/mol. The number of carbonyl (C=O) groups excluding carboxylic acids is 1. The fourth-order valence-electron chi connectivity index (χ4n) is 5.26. The van der Waals surface area contributed by atoms with Crippen LogP contribution < -0.4 is 11.5 Å². The zero-order valence-electron chi connectivity index (χ0n) is 12.9. The van der Waals surface area contributed by atoms with Crippen LogP contribution in [0.4, 0.5) is 11.9 Å². The van der Waals surface area contributed by atoms with Gasteiger partial charge in [0, 0.05) is 0 Å². The van der Waals surface area contributed by atoms with Crippen LogP contribution in [-0.4, -0.2) is 31.6 Å². The quantitative estimate of drug-likeness (QED) is 0.681. The van der Waals surface area contributed by atoms with Crippen LogP contribution in [0.5, 0.6) is 0 Å². The van der Waals surface area contributed by atoms with Crippen molar-refractivity contribution in [1.82, 2.24) is 15.0 Å². The van der Waals surface area contributed by atoms with E-state index >= 15 is 0 Å². The molecule has 23 heavy (non-hydrogen) atoms. The number of nitrogens with two attached hydrogens (primary N) is 2. The van der Waals surface area contributed by atoms with E-state index < -0.39 is 11.0 Å². The summed E-state index contributed by atoms with van der Waals surface area (Å²) in [4.78, 5) is 24.2. The highest BCUT2D eigenvalue weighted by Gasteiger charge is 2.60. The molecule has 0 radical (unpaired) electrons. The van der Waals surface area contributed by atoms with E-state index in [1.54, 1.807) is 0 Å². The van der Waals surface area contributed by atoms with Crippen molar-refractivity contribution < 1.29 is 14.6 Å². The fourth-order valence-corrected chi connectivity index (χ4v) is 5.26. The van der Waals surface area contributed by atoms with E-state index in [1.165, 1.54) is 0 Å². The van der Waals surface area contributed by atoms with Crippen molar-refractivity contribution in [3.63, 3.8) is 0 Å². The van der Waals surface area contributed by atoms with E-state index in [0.717, 1.165) is 32.1 Å². The Labute approximate surface area is 133 Å². The molecule has 0 amide bonds. The lowest BCUT2D eigenvalue weighted by Crippen LogP contribution is -2.58. The first-order chi connectivity index (χ1) is 10.9. The molecular formula is C15H21N5O3. The minimum atomic E-state index is -0.689. The highest BCUT2D eigenvalue weighted by Crippen LogP contribution is 2.61. The third-order valence-corrected chi connectivity index (χ3v) is 5.51. The monoisotopic (exact) mass is 319 g/mol. The SMILES string of the molecule is Nc1nc(N)nc(COC(=O)C23C[C@H]4C[C@@H](CC(O)(C4)C2)C3)n1. The van der Waals surface area contributed by atoms with Gasteiger partial charge in [-0.15, -0.1) is 0 Å². The molecule has 1 aromatic heterocycles. The number of carbonyl (C=O) groups is 1. The van der Waals surface area contributed by atoms with Gasteiger partial charge >= 0.3 is 5.97 Å². The Kier molecular flexibility index (Phi) is 3.03. The summed E-state index contributed by atoms with van der Waals surface area (Å²) in [5.41, 5.74) is 9.79. The van der Waals surface area contributed by atoms with Gasteiger partial charge in [-0.3, -0.25) is 4.79 Å². The molecule has 124 valence electrons. The highest BCUT2D eigenvalue weighted by atomic mass is 16.5. The topological polar surface area (TPSA) is 137 Å². The van der Waals surface area contributed by atoms with Crippen LogP contribution in [0.1, 0.15) is 44.3 Å². The maximum absolute atomic E-state index is 12.7. The number of anilines is 2. The normalized spacial score (nSPS) is 37.8. The molecule has 0 saturated heterocycles. The minimum Gasteiger partial charge on any atom is -0.457 e. The molecule has 4 bridgehead atoms. The summed E-state index contributed by atoms with van der Waals surface area (Å²) in [5, 5.41) is 10.7. The lowest BCUT2D eigenvalue weighted by atomic mass is 9.48. The molecule has 5 rings (SSSR count). The van der Waals surface area contributed by atoms with Gasteiger partial charge in [0.1, 0.15) is 0 Å². The Bertz CT molecular complexity index is 630. The van der Waals surface area contributed by atoms with Crippen LogP contribution in [0.15, 0.2) is 0 Å². The molecule has 0 aliphatic heterocycles. The standard InChI is InChI=1S/C15H21N5O3/c16-12-18-10(19-13(17)20-12)6-23-11(21)14-2-8-1-9(3-14)5-15(22,4-8)7-14/h8-9,22H,1-7H2,(H4,16,17,18,19,20)/t8-,9-,14?,15?/m1/s1. The Morgan fingerprint density at radius 2 is 1.74 bits per heavy atom. The van der Waals surface area contributed by atoms with Crippen molar-refractivity contribution in [2.45, 2.75) is 50.7 Å². The van der Waals surface area contributed by atoms with Crippen LogP contribution in [0.25, 0.3) is 0 Å². The van der Waals surface area contributed by atoms with Crippen LogP contribution in [0, 0.1) is 17.3 Å². The van der Waals surface area contributed by atoms with Crippen molar-refractivity contribution in [2.75, 3.05) is 11.5 Å². The fraction of sp³-hybridized carbons (Fsp3) is 0.733. The second kappa shape index (κ2) is 4.77. The molecular weight excluding hydrogens is 298 g/mol. The van der Waals surface area contributed by atoms with Crippen molar-refractivity contribution in [1.29, 1.82) is 0 Å². The molecule has 4 aliphatic rings. The number of nitrogen functional groups attached to an aromatic ring is 2. The van der Waals surface area contributed by atoms with Crippen LogP contribution in [-0.2, 0) is 16.1 Å². The number of hydrogen-bond donors (Lipinski definition) is 3. The third kappa shape index (κ3) is 2.50. The Hall–Kier alpha value is -1.96. The zero-order valence-corrected chi connectivity index (χ0v) is 12.9. The predicted octanol–water partition coefficient (Wildman–Crippen LogP) is 0.410. The highest BCUT2D eigenvalue weighted by molar-refractivity contribution is 5.77. The first-order valence-electron chi connectivity index (χ1n) is 8.01. The van der Waals surface area contributed by atoms with Crippen LogP contribution in [0.2, 0.25) is 0 Å². The molecule has 2 atom stereocenters. The van der Waals surface area contributed by atoms with Gasteiger partial charge in [0.15, 0.2) is 12.4 Å². The van der Waals surface area contributed by atoms with Crippen molar-refractivity contribution in [2.24, 2.45) is 17.3 Å². The third-order valence-electron chi connectivity index (χ3n) is 5.51. The van der Waals surface area contributed by atoms with Gasteiger partial charge in [-0.05, 0) is 50.4 Å². The van der Waals surface area contributed by atoms with Gasteiger partial charge in [-0.25, -0.2) is 0 Å². The second-order valence-electron chi connectivity index (χ2n) is 7.51. The summed E-state index contributed by atoms with van der Waals surface area (Å²) >= 11 is 0. The Morgan fingerprint density at radius 3 is 2.30 bits per heavy atom. The molecule has 4 fully saturated rings. The average Bonchev–Trinajstić information content (AvgIpc) is 2.41. The maximum atomic E-state index is 12.7. The molecule has 0 aromatic carbocycles. The van der Waals surface area contributed by atoms with Crippen molar-refractivity contribution >= 4 is 17.9 Å². The van der Waals surface area contributed by atoms with E-state index in [-0.39, 0.29) is 30.3 Å². The number of aromatic nitrogens is 3. The Morgan fingerprint density at radius 1 is 1.13 bits per heavy atom. The lowest BCUT2D eigenvalue weighted by molar-refractivity contribution is -0.197. The van der Waals surface area contributed by atoms with Gasteiger partial charge in [-0.2, -0.15) is 15.0 Å². The van der Waals surface area contributed by atoms with E-state index in [1.807, 2.05) is 0 Å². The summed E-state index contributed by atoms with van der Waals surface area (Å²) in [6.07, 6.45) is 4.89. The van der Waals surface area contributed by atoms with Gasteiger partial charge in [-0.1, -0.05) is 0 Å². The number of ether oxygens (including phenoxy) is 1. The summed E-state index contributed by atoms with van der Waals surface area (Å²) in [7, 11) is 0. The van der Waals surface area contributed by atoms with Crippen molar-refractivity contribution in [3.8, 4) is 0 Å². The number of aliphatic hydroxyl groups is 1. The molecule has 0 spiro atoms. The molecule has 8 nitrogen and oxygen atoms in total. The van der Waals surface area contributed by atoms with Gasteiger partial charge in [0.25, 0.3) is 0 Å². The predicted molar refractivity (Wildman–Crippen MR) is 80.5 cm³/mol. The van der Waals surface area contributed by atoms with E-state index in [0.29, 0.717) is 18.3 Å². The smallest absolute Gasteiger partial charge is 0.312 e.